The zero-order chi connectivity index (χ0) is 12.6. The van der Waals surface area contributed by atoms with Crippen LogP contribution in [-0.2, 0) is 9.59 Å². The Bertz CT molecular complexity index is 219. The second-order valence-electron chi connectivity index (χ2n) is 3.77. The van der Waals surface area contributed by atoms with Crippen molar-refractivity contribution >= 4 is 11.8 Å². The molecule has 0 aliphatic rings. The van der Waals surface area contributed by atoms with Crippen LogP contribution in [0.3, 0.4) is 0 Å². The van der Waals surface area contributed by atoms with Gasteiger partial charge in [0.2, 0.25) is 0 Å². The number of hydrogen-bond acceptors (Lipinski definition) is 2. The van der Waals surface area contributed by atoms with E-state index in [2.05, 4.69) is 0 Å². The zero-order valence-electron chi connectivity index (χ0n) is 11.0. The van der Waals surface area contributed by atoms with Gasteiger partial charge in [-0.2, -0.15) is 0 Å². The molecule has 0 atom stereocenters. The van der Waals surface area contributed by atoms with E-state index in [0.717, 1.165) is 12.8 Å². The zero-order valence-corrected chi connectivity index (χ0v) is 11.0. The highest BCUT2D eigenvalue weighted by Crippen LogP contribution is 1.99. The first kappa shape index (κ1) is 14.9. The Hall–Kier alpha value is -1.06. The molecule has 0 radical (unpaired) electrons. The fraction of sp³-hybridized carbons (Fsp3) is 0.833. The standard InChI is InChI=1S/C12H24N2O2/c1-5-9-14(10-6-2)12(16)11(15)13(7-3)8-4/h5-10H2,1-4H3. The van der Waals surface area contributed by atoms with Crippen molar-refractivity contribution in [2.45, 2.75) is 40.5 Å². The van der Waals surface area contributed by atoms with E-state index in [4.69, 9.17) is 0 Å². The van der Waals surface area contributed by atoms with E-state index in [1.807, 2.05) is 27.7 Å². The first-order chi connectivity index (χ1) is 7.62. The van der Waals surface area contributed by atoms with Gasteiger partial charge in [0.15, 0.2) is 0 Å². The van der Waals surface area contributed by atoms with E-state index in [1.54, 1.807) is 9.80 Å². The van der Waals surface area contributed by atoms with Crippen molar-refractivity contribution in [1.29, 1.82) is 0 Å². The van der Waals surface area contributed by atoms with Gasteiger partial charge in [-0.1, -0.05) is 13.8 Å². The van der Waals surface area contributed by atoms with Gasteiger partial charge in [0, 0.05) is 26.2 Å². The van der Waals surface area contributed by atoms with E-state index < -0.39 is 0 Å². The predicted molar refractivity (Wildman–Crippen MR) is 65.1 cm³/mol. The van der Waals surface area contributed by atoms with Gasteiger partial charge in [-0.3, -0.25) is 9.59 Å². The lowest BCUT2D eigenvalue weighted by molar-refractivity contribution is -0.151. The summed E-state index contributed by atoms with van der Waals surface area (Å²) in [5, 5.41) is 0. The Morgan fingerprint density at radius 2 is 1.12 bits per heavy atom. The molecule has 0 heterocycles. The maximum Gasteiger partial charge on any atom is 0.312 e. The minimum Gasteiger partial charge on any atom is -0.335 e. The van der Waals surface area contributed by atoms with E-state index in [0.29, 0.717) is 26.2 Å². The third-order valence-electron chi connectivity index (χ3n) is 2.51. The number of carbonyl (C=O) groups excluding carboxylic acids is 2. The van der Waals surface area contributed by atoms with Crippen LogP contribution in [0.2, 0.25) is 0 Å². The van der Waals surface area contributed by atoms with Crippen LogP contribution in [0, 0.1) is 0 Å². The fourth-order valence-corrected chi connectivity index (χ4v) is 1.64. The molecule has 0 aromatic carbocycles. The highest BCUT2D eigenvalue weighted by Gasteiger charge is 2.24. The van der Waals surface area contributed by atoms with Crippen LogP contribution >= 0.6 is 0 Å². The lowest BCUT2D eigenvalue weighted by atomic mass is 10.3. The van der Waals surface area contributed by atoms with Crippen molar-refractivity contribution < 1.29 is 9.59 Å². The van der Waals surface area contributed by atoms with Gasteiger partial charge in [-0.05, 0) is 26.7 Å². The average Bonchev–Trinajstić information content (AvgIpc) is 2.29. The Morgan fingerprint density at radius 3 is 1.44 bits per heavy atom. The lowest BCUT2D eigenvalue weighted by Gasteiger charge is -2.24. The first-order valence-corrected chi connectivity index (χ1v) is 6.20. The molecule has 0 aliphatic carbocycles. The molecule has 0 saturated carbocycles. The fourth-order valence-electron chi connectivity index (χ4n) is 1.64. The van der Waals surface area contributed by atoms with Gasteiger partial charge in [0.1, 0.15) is 0 Å². The van der Waals surface area contributed by atoms with Crippen molar-refractivity contribution in [3.63, 3.8) is 0 Å². The van der Waals surface area contributed by atoms with Crippen LogP contribution in [-0.4, -0.2) is 47.8 Å². The molecule has 2 amide bonds. The number of hydrogen-bond donors (Lipinski definition) is 0. The molecule has 0 bridgehead atoms. The number of carbonyl (C=O) groups is 2. The summed E-state index contributed by atoms with van der Waals surface area (Å²) in [5.41, 5.74) is 0. The minimum absolute atomic E-state index is 0.354. The Balaban J connectivity index is 4.52. The number of nitrogens with zero attached hydrogens (tertiary/aromatic N) is 2. The molecule has 0 N–H and O–H groups in total. The summed E-state index contributed by atoms with van der Waals surface area (Å²) in [6.07, 6.45) is 1.77. The highest BCUT2D eigenvalue weighted by atomic mass is 16.2. The van der Waals surface area contributed by atoms with Gasteiger partial charge < -0.3 is 9.80 Å². The molecule has 4 nitrogen and oxygen atoms in total. The number of likely N-dealkylation sites (N-methyl/N-ethyl adjacent to an activating group) is 1. The molecule has 16 heavy (non-hydrogen) atoms. The van der Waals surface area contributed by atoms with Gasteiger partial charge in [-0.25, -0.2) is 0 Å². The minimum atomic E-state index is -0.369. The van der Waals surface area contributed by atoms with Gasteiger partial charge in [0.05, 0.1) is 0 Å². The van der Waals surface area contributed by atoms with Crippen molar-refractivity contribution in [2.75, 3.05) is 26.2 Å². The van der Waals surface area contributed by atoms with E-state index in [9.17, 15) is 9.59 Å². The summed E-state index contributed by atoms with van der Waals surface area (Å²) >= 11 is 0. The topological polar surface area (TPSA) is 40.6 Å². The van der Waals surface area contributed by atoms with Crippen LogP contribution in [0.15, 0.2) is 0 Å². The second-order valence-corrected chi connectivity index (χ2v) is 3.77. The van der Waals surface area contributed by atoms with Crippen LogP contribution < -0.4 is 0 Å². The Morgan fingerprint density at radius 1 is 0.750 bits per heavy atom. The summed E-state index contributed by atoms with van der Waals surface area (Å²) in [5.74, 6) is -0.723. The molecular weight excluding hydrogens is 204 g/mol. The maximum absolute atomic E-state index is 11.9. The average molecular weight is 228 g/mol. The largest absolute Gasteiger partial charge is 0.335 e. The Kier molecular flexibility index (Phi) is 7.60. The van der Waals surface area contributed by atoms with Crippen LogP contribution in [0.5, 0.6) is 0 Å². The van der Waals surface area contributed by atoms with E-state index >= 15 is 0 Å². The Labute approximate surface area is 98.6 Å². The first-order valence-electron chi connectivity index (χ1n) is 6.20. The maximum atomic E-state index is 11.9. The monoisotopic (exact) mass is 228 g/mol. The quantitative estimate of drug-likeness (QED) is 0.646. The van der Waals surface area contributed by atoms with Crippen molar-refractivity contribution in [2.24, 2.45) is 0 Å². The summed E-state index contributed by atoms with van der Waals surface area (Å²) < 4.78 is 0. The second kappa shape index (κ2) is 8.13. The molecule has 0 rings (SSSR count). The molecule has 0 unspecified atom stereocenters. The molecule has 0 fully saturated rings. The van der Waals surface area contributed by atoms with E-state index in [1.165, 1.54) is 0 Å². The normalized spacial score (nSPS) is 10.0. The summed E-state index contributed by atoms with van der Waals surface area (Å²) in [6.45, 7) is 10.3. The van der Waals surface area contributed by atoms with Gasteiger partial charge in [-0.15, -0.1) is 0 Å². The molecule has 94 valence electrons. The summed E-state index contributed by atoms with van der Waals surface area (Å²) in [7, 11) is 0. The smallest absolute Gasteiger partial charge is 0.312 e. The highest BCUT2D eigenvalue weighted by molar-refractivity contribution is 6.34. The predicted octanol–water partition coefficient (Wildman–Crippen LogP) is 1.50. The number of rotatable bonds is 6. The van der Waals surface area contributed by atoms with Crippen molar-refractivity contribution in [3.05, 3.63) is 0 Å². The lowest BCUT2D eigenvalue weighted by Crippen LogP contribution is -2.45. The molecule has 4 heteroatoms. The van der Waals surface area contributed by atoms with Crippen molar-refractivity contribution in [3.8, 4) is 0 Å². The SMILES string of the molecule is CCCN(CCC)C(=O)C(=O)N(CC)CC. The van der Waals surface area contributed by atoms with Gasteiger partial charge in [0.25, 0.3) is 0 Å². The molecule has 0 aromatic heterocycles. The van der Waals surface area contributed by atoms with Crippen LogP contribution in [0.4, 0.5) is 0 Å². The molecule has 0 aliphatic heterocycles. The van der Waals surface area contributed by atoms with Crippen LogP contribution in [0.25, 0.3) is 0 Å². The molecule has 0 spiro atoms. The third-order valence-corrected chi connectivity index (χ3v) is 2.51. The summed E-state index contributed by atoms with van der Waals surface area (Å²) in [6, 6.07) is 0. The number of amides is 2. The summed E-state index contributed by atoms with van der Waals surface area (Å²) in [4.78, 5) is 27.0. The van der Waals surface area contributed by atoms with Crippen LogP contribution in [0.1, 0.15) is 40.5 Å². The molecule has 0 saturated heterocycles. The van der Waals surface area contributed by atoms with Gasteiger partial charge >= 0.3 is 11.8 Å². The van der Waals surface area contributed by atoms with E-state index in [-0.39, 0.29) is 11.8 Å². The molecular formula is C12H24N2O2. The van der Waals surface area contributed by atoms with Crippen molar-refractivity contribution in [1.82, 2.24) is 9.80 Å². The third kappa shape index (κ3) is 4.21. The molecule has 0 aromatic rings.